The number of carbonyl (C=O) groups is 1. The molecule has 4 aromatic rings. The number of hydrogen-bond acceptors (Lipinski definition) is 6. The van der Waals surface area contributed by atoms with Gasteiger partial charge >= 0.3 is 6.18 Å². The van der Waals surface area contributed by atoms with Gasteiger partial charge in [0.25, 0.3) is 0 Å². The lowest BCUT2D eigenvalue weighted by Gasteiger charge is -2.14. The third-order valence-electron chi connectivity index (χ3n) is 6.42. The molecule has 3 heterocycles. The summed E-state index contributed by atoms with van der Waals surface area (Å²) < 4.78 is 61.1. The summed E-state index contributed by atoms with van der Waals surface area (Å²) >= 11 is 0. The van der Waals surface area contributed by atoms with Gasteiger partial charge in [-0.3, -0.25) is 9.48 Å². The molecule has 0 atom stereocenters. The maximum absolute atomic E-state index is 14.8. The van der Waals surface area contributed by atoms with E-state index in [1.807, 2.05) is 20.0 Å². The molecule has 37 heavy (non-hydrogen) atoms. The average Bonchev–Trinajstić information content (AvgIpc) is 3.44. The Bertz CT molecular complexity index is 1450. The fourth-order valence-electron chi connectivity index (χ4n) is 4.17. The summed E-state index contributed by atoms with van der Waals surface area (Å²) in [5, 5.41) is 10.2. The largest absolute Gasteiger partial charge is 0.401 e. The Morgan fingerprint density at radius 1 is 1.14 bits per heavy atom. The van der Waals surface area contributed by atoms with Crippen molar-refractivity contribution in [2.24, 2.45) is 7.05 Å². The standard InChI is InChI=1S/C25H22F4N6O2/c1-14-7-18(35(2)33-14)10-21-30-12-17(13-31-21)15-3-4-16(19(26)8-15)9-23(36)32-22-11-20(37-34-22)24(5-6-24)25(27,28)29/h3-4,7-8,11-13H,5-6,9-10H2,1-2H3,(H,32,34,36). The van der Waals surface area contributed by atoms with Crippen LogP contribution >= 0.6 is 0 Å². The van der Waals surface area contributed by atoms with Gasteiger partial charge in [-0.1, -0.05) is 17.3 Å². The van der Waals surface area contributed by atoms with Crippen LogP contribution in [0.25, 0.3) is 11.1 Å². The molecule has 1 N–H and O–H groups in total. The van der Waals surface area contributed by atoms with Gasteiger partial charge in [0, 0.05) is 43.2 Å². The summed E-state index contributed by atoms with van der Waals surface area (Å²) in [6.45, 7) is 1.90. The molecule has 1 fully saturated rings. The second-order valence-corrected chi connectivity index (χ2v) is 9.15. The minimum atomic E-state index is -4.46. The molecule has 1 aromatic carbocycles. The molecule has 0 bridgehead atoms. The van der Waals surface area contributed by atoms with Gasteiger partial charge in [-0.25, -0.2) is 14.4 Å². The van der Waals surface area contributed by atoms with Crippen molar-refractivity contribution in [1.29, 1.82) is 0 Å². The molecule has 8 nitrogen and oxygen atoms in total. The third kappa shape index (κ3) is 4.95. The molecule has 1 amide bonds. The zero-order chi connectivity index (χ0) is 26.4. The number of aryl methyl sites for hydroxylation is 2. The van der Waals surface area contributed by atoms with Crippen LogP contribution in [0.1, 0.15) is 41.4 Å². The van der Waals surface area contributed by atoms with E-state index in [0.717, 1.165) is 17.5 Å². The molecular weight excluding hydrogens is 492 g/mol. The Hall–Kier alpha value is -4.09. The van der Waals surface area contributed by atoms with Crippen molar-refractivity contribution >= 4 is 11.7 Å². The van der Waals surface area contributed by atoms with Gasteiger partial charge in [0.1, 0.15) is 17.1 Å². The number of carbonyl (C=O) groups excluding carboxylic acids is 1. The number of alkyl halides is 3. The highest BCUT2D eigenvalue weighted by atomic mass is 19.4. The van der Waals surface area contributed by atoms with Crippen LogP contribution in [0.3, 0.4) is 0 Å². The summed E-state index contributed by atoms with van der Waals surface area (Å²) in [5.74, 6) is -1.14. The number of amides is 1. The SMILES string of the molecule is Cc1cc(Cc2ncc(-c3ccc(CC(=O)Nc4cc(C5(C(F)(F)F)CC5)on4)c(F)c3)cn2)n(C)n1. The van der Waals surface area contributed by atoms with E-state index in [2.05, 4.69) is 25.5 Å². The summed E-state index contributed by atoms with van der Waals surface area (Å²) in [5.41, 5.74) is 1.08. The molecule has 0 saturated heterocycles. The molecule has 192 valence electrons. The van der Waals surface area contributed by atoms with Gasteiger partial charge < -0.3 is 9.84 Å². The number of benzene rings is 1. The lowest BCUT2D eigenvalue weighted by atomic mass is 10.0. The van der Waals surface area contributed by atoms with Crippen molar-refractivity contribution in [2.75, 3.05) is 5.32 Å². The van der Waals surface area contributed by atoms with Crippen molar-refractivity contribution < 1.29 is 26.9 Å². The number of hydrogen-bond donors (Lipinski definition) is 1. The number of halogens is 4. The minimum absolute atomic E-state index is 0.0888. The zero-order valence-electron chi connectivity index (χ0n) is 19.9. The van der Waals surface area contributed by atoms with E-state index in [-0.39, 0.29) is 36.4 Å². The van der Waals surface area contributed by atoms with Crippen LogP contribution in [0, 0.1) is 12.7 Å². The van der Waals surface area contributed by atoms with Gasteiger partial charge in [-0.15, -0.1) is 0 Å². The Labute approximate surface area is 208 Å². The van der Waals surface area contributed by atoms with E-state index in [4.69, 9.17) is 4.52 Å². The molecule has 3 aromatic heterocycles. The Morgan fingerprint density at radius 2 is 1.86 bits per heavy atom. The molecule has 0 radical (unpaired) electrons. The van der Waals surface area contributed by atoms with Crippen LogP contribution in [-0.2, 0) is 30.1 Å². The van der Waals surface area contributed by atoms with E-state index in [1.165, 1.54) is 12.1 Å². The van der Waals surface area contributed by atoms with Crippen molar-refractivity contribution in [3.63, 3.8) is 0 Å². The van der Waals surface area contributed by atoms with Crippen molar-refractivity contribution in [2.45, 2.75) is 44.2 Å². The quantitative estimate of drug-likeness (QED) is 0.360. The Morgan fingerprint density at radius 3 is 2.46 bits per heavy atom. The van der Waals surface area contributed by atoms with Gasteiger partial charge in [0.15, 0.2) is 11.6 Å². The Kier molecular flexibility index (Phi) is 6.04. The smallest absolute Gasteiger partial charge is 0.358 e. The third-order valence-corrected chi connectivity index (χ3v) is 6.42. The molecule has 0 unspecified atom stereocenters. The number of nitrogens with zero attached hydrogens (tertiary/aromatic N) is 5. The van der Waals surface area contributed by atoms with Gasteiger partial charge in [0.2, 0.25) is 5.91 Å². The first-order chi connectivity index (χ1) is 17.5. The molecule has 1 aliphatic carbocycles. The number of aromatic nitrogens is 5. The summed E-state index contributed by atoms with van der Waals surface area (Å²) in [6, 6.07) is 7.41. The van der Waals surface area contributed by atoms with E-state index in [9.17, 15) is 22.4 Å². The second kappa shape index (κ2) is 9.09. The van der Waals surface area contributed by atoms with Crippen LogP contribution in [0.15, 0.2) is 47.2 Å². The minimum Gasteiger partial charge on any atom is -0.358 e. The summed E-state index contributed by atoms with van der Waals surface area (Å²) in [6.07, 6.45) is -1.27. The fraction of sp³-hybridized carbons (Fsp3) is 0.320. The molecular formula is C25H22F4N6O2. The number of rotatable bonds is 7. The van der Waals surface area contributed by atoms with Crippen molar-refractivity contribution in [3.05, 3.63) is 77.1 Å². The van der Waals surface area contributed by atoms with Crippen LogP contribution in [0.4, 0.5) is 23.4 Å². The molecule has 1 aliphatic rings. The highest BCUT2D eigenvalue weighted by Gasteiger charge is 2.66. The summed E-state index contributed by atoms with van der Waals surface area (Å²) in [7, 11) is 1.85. The van der Waals surface area contributed by atoms with Crippen molar-refractivity contribution in [3.8, 4) is 11.1 Å². The lowest BCUT2D eigenvalue weighted by Crippen LogP contribution is -2.28. The van der Waals surface area contributed by atoms with Crippen LogP contribution in [-0.4, -0.2) is 37.0 Å². The van der Waals surface area contributed by atoms with E-state index >= 15 is 0 Å². The zero-order valence-corrected chi connectivity index (χ0v) is 19.9. The van der Waals surface area contributed by atoms with E-state index in [0.29, 0.717) is 23.4 Å². The predicted molar refractivity (Wildman–Crippen MR) is 124 cm³/mol. The molecule has 0 aliphatic heterocycles. The monoisotopic (exact) mass is 514 g/mol. The molecule has 0 spiro atoms. The molecule has 12 heteroatoms. The first kappa shape index (κ1) is 24.6. The average molecular weight is 514 g/mol. The second-order valence-electron chi connectivity index (χ2n) is 9.15. The summed E-state index contributed by atoms with van der Waals surface area (Å²) in [4.78, 5) is 21.1. The first-order valence-corrected chi connectivity index (χ1v) is 11.5. The first-order valence-electron chi connectivity index (χ1n) is 11.5. The number of anilines is 1. The van der Waals surface area contributed by atoms with Gasteiger partial charge in [0.05, 0.1) is 12.1 Å². The van der Waals surface area contributed by atoms with Crippen LogP contribution in [0.5, 0.6) is 0 Å². The maximum Gasteiger partial charge on any atom is 0.401 e. The van der Waals surface area contributed by atoms with Gasteiger partial charge in [-0.2, -0.15) is 18.3 Å². The van der Waals surface area contributed by atoms with E-state index < -0.39 is 23.3 Å². The Balaban J connectivity index is 1.22. The number of nitrogens with one attached hydrogen (secondary N) is 1. The fourth-order valence-corrected chi connectivity index (χ4v) is 4.17. The topological polar surface area (TPSA) is 98.7 Å². The highest BCUT2D eigenvalue weighted by Crippen LogP contribution is 2.59. The van der Waals surface area contributed by atoms with E-state index in [1.54, 1.807) is 23.1 Å². The predicted octanol–water partition coefficient (Wildman–Crippen LogP) is 4.68. The maximum atomic E-state index is 14.8. The molecule has 1 saturated carbocycles. The van der Waals surface area contributed by atoms with Crippen LogP contribution < -0.4 is 5.32 Å². The highest BCUT2D eigenvalue weighted by molar-refractivity contribution is 5.91. The normalized spacial score (nSPS) is 14.5. The molecule has 5 rings (SSSR count). The van der Waals surface area contributed by atoms with Gasteiger partial charge in [-0.05, 0) is 43.0 Å². The van der Waals surface area contributed by atoms with Crippen molar-refractivity contribution in [1.82, 2.24) is 24.9 Å². The lowest BCUT2D eigenvalue weighted by molar-refractivity contribution is -0.165. The van der Waals surface area contributed by atoms with Crippen LogP contribution in [0.2, 0.25) is 0 Å².